The lowest BCUT2D eigenvalue weighted by Crippen LogP contribution is -2.30. The highest BCUT2D eigenvalue weighted by molar-refractivity contribution is 4.82. The van der Waals surface area contributed by atoms with Crippen LogP contribution in [-0.4, -0.2) is 56.1 Å². The Morgan fingerprint density at radius 2 is 1.36 bits per heavy atom. The lowest BCUT2D eigenvalue weighted by Gasteiger charge is -2.20. The molecule has 0 saturated carbocycles. The van der Waals surface area contributed by atoms with Gasteiger partial charge in [0.2, 0.25) is 0 Å². The van der Waals surface area contributed by atoms with Crippen LogP contribution in [0.15, 0.2) is 12.4 Å². The summed E-state index contributed by atoms with van der Waals surface area (Å²) in [4.78, 5) is 4.15. The summed E-state index contributed by atoms with van der Waals surface area (Å²) >= 11 is 0. The third kappa shape index (κ3) is 6.71. The first kappa shape index (κ1) is 13.2. The fourth-order valence-corrected chi connectivity index (χ4v) is 1.08. The maximum atomic E-state index is 5.47. The van der Waals surface area contributed by atoms with Crippen molar-refractivity contribution >= 4 is 0 Å². The molecule has 14 heavy (non-hydrogen) atoms. The second-order valence-electron chi connectivity index (χ2n) is 3.18. The molecule has 0 saturated heterocycles. The molecule has 5 heteroatoms. The lowest BCUT2D eigenvalue weighted by atomic mass is 10.5. The number of nitrogens with two attached hydrogens (primary N) is 3. The molecule has 0 aliphatic rings. The van der Waals surface area contributed by atoms with Crippen molar-refractivity contribution in [3.8, 4) is 0 Å². The first-order valence-electron chi connectivity index (χ1n) is 4.97. The molecule has 0 rings (SSSR count). The maximum Gasteiger partial charge on any atom is 0.0296 e. The Labute approximate surface area is 86.5 Å². The van der Waals surface area contributed by atoms with Crippen LogP contribution < -0.4 is 17.2 Å². The fourth-order valence-electron chi connectivity index (χ4n) is 1.08. The molecule has 0 aliphatic heterocycles. The van der Waals surface area contributed by atoms with Crippen molar-refractivity contribution in [2.24, 2.45) is 17.2 Å². The monoisotopic (exact) mass is 201 g/mol. The number of rotatable bonds is 8. The standard InChI is InChI=1S/C9H23N5/c1-13(5-2-10)8-9-14(6-3-11)7-4-12/h8-9H,2-7,10-12H2,1H3. The van der Waals surface area contributed by atoms with Crippen molar-refractivity contribution in [1.82, 2.24) is 9.80 Å². The Bertz CT molecular complexity index is 142. The van der Waals surface area contributed by atoms with Crippen LogP contribution >= 0.6 is 0 Å². The van der Waals surface area contributed by atoms with E-state index in [1.165, 1.54) is 0 Å². The maximum absolute atomic E-state index is 5.47. The van der Waals surface area contributed by atoms with Crippen molar-refractivity contribution in [3.63, 3.8) is 0 Å². The summed E-state index contributed by atoms with van der Waals surface area (Å²) in [6.45, 7) is 4.48. The molecule has 6 N–H and O–H groups in total. The number of likely N-dealkylation sites (N-methyl/N-ethyl adjacent to an activating group) is 1. The van der Waals surface area contributed by atoms with Gasteiger partial charge in [0, 0.05) is 58.7 Å². The second-order valence-corrected chi connectivity index (χ2v) is 3.18. The first-order chi connectivity index (χ1) is 6.74. The molecule has 0 heterocycles. The van der Waals surface area contributed by atoms with Crippen molar-refractivity contribution in [2.75, 3.05) is 46.3 Å². The van der Waals surface area contributed by atoms with Crippen LogP contribution in [0.4, 0.5) is 0 Å². The van der Waals surface area contributed by atoms with Crippen LogP contribution in [0.1, 0.15) is 0 Å². The molecule has 0 aromatic heterocycles. The Morgan fingerprint density at radius 3 is 1.79 bits per heavy atom. The molecule has 0 aliphatic carbocycles. The largest absolute Gasteiger partial charge is 0.378 e. The summed E-state index contributed by atoms with van der Waals surface area (Å²) in [5, 5.41) is 0. The topological polar surface area (TPSA) is 84.5 Å². The molecule has 0 amide bonds. The quantitative estimate of drug-likeness (QED) is 0.448. The third-order valence-corrected chi connectivity index (χ3v) is 1.85. The highest BCUT2D eigenvalue weighted by Gasteiger charge is 1.95. The smallest absolute Gasteiger partial charge is 0.0296 e. The Kier molecular flexibility index (Phi) is 8.31. The van der Waals surface area contributed by atoms with Crippen molar-refractivity contribution in [3.05, 3.63) is 12.4 Å². The Morgan fingerprint density at radius 1 is 0.857 bits per heavy atom. The Balaban J connectivity index is 3.86. The molecular formula is C9H23N5. The van der Waals surface area contributed by atoms with Gasteiger partial charge in [0.25, 0.3) is 0 Å². The van der Waals surface area contributed by atoms with E-state index < -0.39 is 0 Å². The zero-order chi connectivity index (χ0) is 10.8. The summed E-state index contributed by atoms with van der Waals surface area (Å²) < 4.78 is 0. The van der Waals surface area contributed by atoms with Gasteiger partial charge in [0.1, 0.15) is 0 Å². The molecule has 0 spiro atoms. The van der Waals surface area contributed by atoms with Crippen LogP contribution in [-0.2, 0) is 0 Å². The predicted octanol–water partition coefficient (Wildman–Crippen LogP) is -1.43. The first-order valence-corrected chi connectivity index (χ1v) is 4.97. The zero-order valence-corrected chi connectivity index (χ0v) is 9.02. The number of nitrogens with zero attached hydrogens (tertiary/aromatic N) is 2. The Hall–Kier alpha value is -0.780. The van der Waals surface area contributed by atoms with Gasteiger partial charge in [-0.3, -0.25) is 0 Å². The van der Waals surface area contributed by atoms with E-state index in [2.05, 4.69) is 4.90 Å². The average molecular weight is 201 g/mol. The molecule has 84 valence electrons. The molecule has 0 fully saturated rings. The summed E-state index contributed by atoms with van der Waals surface area (Å²) in [5.41, 5.74) is 16.4. The molecule has 0 unspecified atom stereocenters. The van der Waals surface area contributed by atoms with Crippen LogP contribution in [0.3, 0.4) is 0 Å². The van der Waals surface area contributed by atoms with E-state index in [9.17, 15) is 0 Å². The van der Waals surface area contributed by atoms with E-state index in [-0.39, 0.29) is 0 Å². The van der Waals surface area contributed by atoms with E-state index in [0.29, 0.717) is 19.6 Å². The molecule has 0 aromatic carbocycles. The molecule has 0 aromatic rings. The van der Waals surface area contributed by atoms with Crippen LogP contribution in [0.25, 0.3) is 0 Å². The van der Waals surface area contributed by atoms with Gasteiger partial charge in [-0.05, 0) is 0 Å². The average Bonchev–Trinajstić information content (AvgIpc) is 2.15. The minimum absolute atomic E-state index is 0.644. The van der Waals surface area contributed by atoms with Crippen LogP contribution in [0, 0.1) is 0 Å². The van der Waals surface area contributed by atoms with Gasteiger partial charge in [-0.25, -0.2) is 0 Å². The van der Waals surface area contributed by atoms with Gasteiger partial charge in [-0.15, -0.1) is 0 Å². The summed E-state index contributed by atoms with van der Waals surface area (Å²) in [5.74, 6) is 0. The normalized spacial score (nSPS) is 10.9. The number of hydrogen-bond acceptors (Lipinski definition) is 5. The minimum Gasteiger partial charge on any atom is -0.378 e. The SMILES string of the molecule is CN(C=CN(CCN)CCN)CCN. The van der Waals surface area contributed by atoms with E-state index in [1.54, 1.807) is 0 Å². The van der Waals surface area contributed by atoms with Gasteiger partial charge in [-0.2, -0.15) is 0 Å². The minimum atomic E-state index is 0.644. The summed E-state index contributed by atoms with van der Waals surface area (Å²) in [7, 11) is 1.99. The van der Waals surface area contributed by atoms with Crippen molar-refractivity contribution in [1.29, 1.82) is 0 Å². The highest BCUT2D eigenvalue weighted by atomic mass is 15.1. The van der Waals surface area contributed by atoms with Gasteiger partial charge in [0.15, 0.2) is 0 Å². The van der Waals surface area contributed by atoms with Crippen LogP contribution in [0.5, 0.6) is 0 Å². The van der Waals surface area contributed by atoms with Gasteiger partial charge < -0.3 is 27.0 Å². The zero-order valence-electron chi connectivity index (χ0n) is 9.02. The third-order valence-electron chi connectivity index (χ3n) is 1.85. The van der Waals surface area contributed by atoms with Crippen LogP contribution in [0.2, 0.25) is 0 Å². The predicted molar refractivity (Wildman–Crippen MR) is 60.5 cm³/mol. The fraction of sp³-hybridized carbons (Fsp3) is 0.778. The molecule has 0 radical (unpaired) electrons. The van der Waals surface area contributed by atoms with E-state index in [4.69, 9.17) is 17.2 Å². The van der Waals surface area contributed by atoms with Gasteiger partial charge >= 0.3 is 0 Å². The summed E-state index contributed by atoms with van der Waals surface area (Å²) in [6, 6.07) is 0. The second kappa shape index (κ2) is 8.80. The van der Waals surface area contributed by atoms with Crippen molar-refractivity contribution < 1.29 is 0 Å². The molecule has 0 bridgehead atoms. The highest BCUT2D eigenvalue weighted by Crippen LogP contribution is 1.90. The van der Waals surface area contributed by atoms with Gasteiger partial charge in [0.05, 0.1) is 0 Å². The number of hydrogen-bond donors (Lipinski definition) is 3. The van der Waals surface area contributed by atoms with E-state index in [1.807, 2.05) is 24.3 Å². The molecule has 0 atom stereocenters. The van der Waals surface area contributed by atoms with Crippen molar-refractivity contribution in [2.45, 2.75) is 0 Å². The van der Waals surface area contributed by atoms with E-state index >= 15 is 0 Å². The lowest BCUT2D eigenvalue weighted by molar-refractivity contribution is 0.378. The van der Waals surface area contributed by atoms with Gasteiger partial charge in [-0.1, -0.05) is 0 Å². The summed E-state index contributed by atoms with van der Waals surface area (Å²) in [6.07, 6.45) is 4.01. The molecular weight excluding hydrogens is 178 g/mol. The van der Waals surface area contributed by atoms with E-state index in [0.717, 1.165) is 19.6 Å². The molecule has 5 nitrogen and oxygen atoms in total.